The Morgan fingerprint density at radius 2 is 2.08 bits per heavy atom. The van der Waals surface area contributed by atoms with Gasteiger partial charge in [0.25, 0.3) is 0 Å². The first-order valence-corrected chi connectivity index (χ1v) is 9.74. The number of rotatable bonds is 5. The van der Waals surface area contributed by atoms with Crippen molar-refractivity contribution >= 4 is 23.4 Å². The maximum atomic E-state index is 11.8. The summed E-state index contributed by atoms with van der Waals surface area (Å²) < 4.78 is 5.06. The van der Waals surface area contributed by atoms with E-state index in [2.05, 4.69) is 22.5 Å². The molecule has 2 N–H and O–H groups in total. The molecule has 140 valence electrons. The van der Waals surface area contributed by atoms with Gasteiger partial charge in [-0.05, 0) is 40.5 Å². The molecule has 0 aliphatic carbocycles. The maximum Gasteiger partial charge on any atom is 0.409 e. The molecule has 1 aromatic heterocycles. The molecule has 0 radical (unpaired) electrons. The zero-order valence-corrected chi connectivity index (χ0v) is 16.4. The van der Waals surface area contributed by atoms with Gasteiger partial charge in [0.05, 0.1) is 23.9 Å². The lowest BCUT2D eigenvalue weighted by Gasteiger charge is -2.32. The molecule has 1 aliphatic rings. The lowest BCUT2D eigenvalue weighted by atomic mass is 10.1. The summed E-state index contributed by atoms with van der Waals surface area (Å²) >= 11 is 1.70. The van der Waals surface area contributed by atoms with Gasteiger partial charge in [0.2, 0.25) is 0 Å². The first-order chi connectivity index (χ1) is 12.0. The topological polar surface area (TPSA) is 78.9 Å². The molecule has 7 nitrogen and oxygen atoms in total. The van der Waals surface area contributed by atoms with Gasteiger partial charge in [-0.3, -0.25) is 0 Å². The minimum absolute atomic E-state index is 0.211. The van der Waals surface area contributed by atoms with Crippen LogP contribution in [0.3, 0.4) is 0 Å². The largest absolute Gasteiger partial charge is 0.450 e. The number of ether oxygens (including phenoxy) is 1. The minimum atomic E-state index is -0.211. The van der Waals surface area contributed by atoms with E-state index in [0.29, 0.717) is 32.3 Å². The minimum Gasteiger partial charge on any atom is -0.450 e. The second-order valence-electron chi connectivity index (χ2n) is 6.04. The van der Waals surface area contributed by atoms with Crippen LogP contribution in [0.25, 0.3) is 0 Å². The van der Waals surface area contributed by atoms with Crippen LogP contribution in [0.1, 0.15) is 42.3 Å². The van der Waals surface area contributed by atoms with E-state index in [0.717, 1.165) is 36.0 Å². The number of aliphatic imine (C=N–C) groups is 1. The third-order valence-electron chi connectivity index (χ3n) is 4.09. The number of guanidine groups is 1. The standard InChI is InChI=1S/C17H29N5O2S/c1-5-18-16(19-11-15-12(3)20-13(4)25-15)21-14-7-9-22(10-8-14)17(23)24-6-2/h14H,5-11H2,1-4H3,(H2,18,19,21). The molecule has 0 aromatic carbocycles. The van der Waals surface area contributed by atoms with E-state index < -0.39 is 0 Å². The van der Waals surface area contributed by atoms with Crippen LogP contribution in [-0.4, -0.2) is 54.2 Å². The van der Waals surface area contributed by atoms with Gasteiger partial charge < -0.3 is 20.3 Å². The van der Waals surface area contributed by atoms with Gasteiger partial charge >= 0.3 is 6.09 Å². The highest BCUT2D eigenvalue weighted by Crippen LogP contribution is 2.18. The Morgan fingerprint density at radius 3 is 2.64 bits per heavy atom. The van der Waals surface area contributed by atoms with Crippen LogP contribution >= 0.6 is 11.3 Å². The van der Waals surface area contributed by atoms with Gasteiger partial charge in [0.1, 0.15) is 0 Å². The lowest BCUT2D eigenvalue weighted by molar-refractivity contribution is 0.0963. The third kappa shape index (κ3) is 5.88. The molecule has 1 saturated heterocycles. The van der Waals surface area contributed by atoms with Crippen LogP contribution in [-0.2, 0) is 11.3 Å². The van der Waals surface area contributed by atoms with Gasteiger partial charge in [-0.15, -0.1) is 11.3 Å². The lowest BCUT2D eigenvalue weighted by Crippen LogP contribution is -2.49. The van der Waals surface area contributed by atoms with Crippen molar-refractivity contribution in [2.24, 2.45) is 4.99 Å². The van der Waals surface area contributed by atoms with E-state index in [9.17, 15) is 4.79 Å². The second kappa shape index (κ2) is 9.60. The predicted octanol–water partition coefficient (Wildman–Crippen LogP) is 2.44. The van der Waals surface area contributed by atoms with E-state index in [4.69, 9.17) is 9.73 Å². The summed E-state index contributed by atoms with van der Waals surface area (Å²) in [6, 6.07) is 0.313. The van der Waals surface area contributed by atoms with Gasteiger partial charge in [0, 0.05) is 30.6 Å². The quantitative estimate of drug-likeness (QED) is 0.617. The molecule has 0 atom stereocenters. The van der Waals surface area contributed by atoms with Crippen molar-refractivity contribution in [1.82, 2.24) is 20.5 Å². The molecule has 1 fully saturated rings. The molecule has 0 saturated carbocycles. The number of aryl methyl sites for hydroxylation is 2. The highest BCUT2D eigenvalue weighted by atomic mass is 32.1. The number of likely N-dealkylation sites (tertiary alicyclic amines) is 1. The first kappa shape index (κ1) is 19.5. The number of nitrogens with zero attached hydrogens (tertiary/aromatic N) is 3. The molecule has 8 heteroatoms. The number of carbonyl (C=O) groups excluding carboxylic acids is 1. The molecule has 2 heterocycles. The summed E-state index contributed by atoms with van der Waals surface area (Å²) in [5, 5.41) is 7.86. The fourth-order valence-corrected chi connectivity index (χ4v) is 3.67. The number of hydrogen-bond donors (Lipinski definition) is 2. The van der Waals surface area contributed by atoms with Gasteiger partial charge in [-0.2, -0.15) is 0 Å². The van der Waals surface area contributed by atoms with Crippen LogP contribution in [0.4, 0.5) is 4.79 Å². The summed E-state index contributed by atoms with van der Waals surface area (Å²) in [7, 11) is 0. The fourth-order valence-electron chi connectivity index (χ4n) is 2.81. The van der Waals surface area contributed by atoms with E-state index >= 15 is 0 Å². The first-order valence-electron chi connectivity index (χ1n) is 8.92. The Hall–Kier alpha value is -1.83. The number of piperidine rings is 1. The maximum absolute atomic E-state index is 11.8. The average Bonchev–Trinajstić information content (AvgIpc) is 2.91. The van der Waals surface area contributed by atoms with Gasteiger partial charge in [-0.1, -0.05) is 0 Å². The molecule has 0 unspecified atom stereocenters. The Kier molecular flexibility index (Phi) is 7.49. The molecule has 1 aliphatic heterocycles. The number of amides is 1. The molecule has 1 amide bonds. The van der Waals surface area contributed by atoms with E-state index in [-0.39, 0.29) is 6.09 Å². The van der Waals surface area contributed by atoms with E-state index in [1.165, 1.54) is 4.88 Å². The Morgan fingerprint density at radius 1 is 1.36 bits per heavy atom. The number of nitrogens with one attached hydrogen (secondary N) is 2. The Balaban J connectivity index is 1.88. The van der Waals surface area contributed by atoms with Crippen LogP contribution in [0.15, 0.2) is 4.99 Å². The normalized spacial score (nSPS) is 16.0. The number of carbonyl (C=O) groups is 1. The Labute approximate surface area is 153 Å². The smallest absolute Gasteiger partial charge is 0.409 e. The number of hydrogen-bond acceptors (Lipinski definition) is 5. The summed E-state index contributed by atoms with van der Waals surface area (Å²) in [6.07, 6.45) is 1.57. The summed E-state index contributed by atoms with van der Waals surface area (Å²) in [6.45, 7) is 11.2. The van der Waals surface area contributed by atoms with Crippen molar-refractivity contribution < 1.29 is 9.53 Å². The predicted molar refractivity (Wildman–Crippen MR) is 101 cm³/mol. The summed E-state index contributed by atoms with van der Waals surface area (Å²) in [5.41, 5.74) is 1.06. The van der Waals surface area contributed by atoms with Crippen LogP contribution < -0.4 is 10.6 Å². The zero-order valence-electron chi connectivity index (χ0n) is 15.6. The van der Waals surface area contributed by atoms with Crippen LogP contribution in [0, 0.1) is 13.8 Å². The average molecular weight is 368 g/mol. The number of aromatic nitrogens is 1. The van der Waals surface area contributed by atoms with Crippen LogP contribution in [0.5, 0.6) is 0 Å². The molecule has 25 heavy (non-hydrogen) atoms. The summed E-state index contributed by atoms with van der Waals surface area (Å²) in [5.74, 6) is 0.822. The Bertz CT molecular complexity index is 594. The molecular weight excluding hydrogens is 338 g/mol. The van der Waals surface area contributed by atoms with E-state index in [1.807, 2.05) is 20.8 Å². The van der Waals surface area contributed by atoms with Crippen molar-refractivity contribution in [3.05, 3.63) is 15.6 Å². The van der Waals surface area contributed by atoms with E-state index in [1.54, 1.807) is 16.2 Å². The van der Waals surface area contributed by atoms with Gasteiger partial charge in [0.15, 0.2) is 5.96 Å². The van der Waals surface area contributed by atoms with Gasteiger partial charge in [-0.25, -0.2) is 14.8 Å². The number of thiazole rings is 1. The van der Waals surface area contributed by atoms with Crippen molar-refractivity contribution in [3.63, 3.8) is 0 Å². The van der Waals surface area contributed by atoms with Crippen molar-refractivity contribution in [2.45, 2.75) is 53.1 Å². The van der Waals surface area contributed by atoms with Crippen molar-refractivity contribution in [3.8, 4) is 0 Å². The highest BCUT2D eigenvalue weighted by molar-refractivity contribution is 7.11. The monoisotopic (exact) mass is 367 g/mol. The highest BCUT2D eigenvalue weighted by Gasteiger charge is 2.24. The molecule has 2 rings (SSSR count). The zero-order chi connectivity index (χ0) is 18.2. The van der Waals surface area contributed by atoms with Crippen LogP contribution in [0.2, 0.25) is 0 Å². The summed E-state index contributed by atoms with van der Waals surface area (Å²) in [4.78, 5) is 23.9. The second-order valence-corrected chi connectivity index (χ2v) is 7.33. The van der Waals surface area contributed by atoms with Crippen molar-refractivity contribution in [1.29, 1.82) is 0 Å². The molecule has 1 aromatic rings. The third-order valence-corrected chi connectivity index (χ3v) is 5.14. The SMILES string of the molecule is CCNC(=NCc1sc(C)nc1C)NC1CCN(C(=O)OCC)CC1. The molecular formula is C17H29N5O2S. The molecule has 0 spiro atoms. The fraction of sp³-hybridized carbons (Fsp3) is 0.706. The van der Waals surface area contributed by atoms with Crippen molar-refractivity contribution in [2.75, 3.05) is 26.2 Å². The molecule has 0 bridgehead atoms.